The number of rotatable bonds is 12. The Balaban J connectivity index is 1.21. The van der Waals surface area contributed by atoms with Crippen molar-refractivity contribution in [3.8, 4) is 125 Å². The van der Waals surface area contributed by atoms with Crippen molar-refractivity contribution in [2.45, 2.75) is 41.5 Å². The normalized spacial score (nSPS) is 11.5. The molecule has 13 aromatic rings. The van der Waals surface area contributed by atoms with E-state index in [1.54, 1.807) is 0 Å². The summed E-state index contributed by atoms with van der Waals surface area (Å²) < 4.78 is 0. The molecule has 0 spiro atoms. The summed E-state index contributed by atoms with van der Waals surface area (Å²) in [6, 6.07) is 82.9. The Hall–Kier alpha value is -7.26. The zero-order valence-corrected chi connectivity index (χ0v) is 49.1. The van der Waals surface area contributed by atoms with Crippen molar-refractivity contribution in [3.63, 3.8) is 0 Å². The Bertz CT molecular complexity index is 3520. The van der Waals surface area contributed by atoms with Crippen molar-refractivity contribution >= 4 is 68.0 Å². The fourth-order valence-electron chi connectivity index (χ4n) is 10.3. The van der Waals surface area contributed by atoms with Gasteiger partial charge in [0.05, 0.1) is 0 Å². The standard InChI is InChI=1S/C72H54S6/c1-43-7-19-49(20-8-43)55-31-37-61(73-55)67-68(62-38-32-56(74-62)50-21-9-44(2)10-22-50)70(64-40-34-58(76-64)52-25-13-46(4)14-26-52)72(66-42-36-60(78-66)54-29-17-48(6)18-30-54)71(65-41-35-59(77-65)53-27-15-47(5)16-28-53)69(67)63-39-33-57(75-63)51-23-11-45(3)12-24-51/h7-42H,1-6H3. The lowest BCUT2D eigenvalue weighted by Crippen LogP contribution is -1.98. The molecule has 0 bridgehead atoms. The highest BCUT2D eigenvalue weighted by molar-refractivity contribution is 7.22. The second kappa shape index (κ2) is 21.2. The molecule has 6 heterocycles. The van der Waals surface area contributed by atoms with Gasteiger partial charge in [-0.25, -0.2) is 0 Å². The third-order valence-corrected chi connectivity index (χ3v) is 21.5. The molecule has 0 saturated carbocycles. The summed E-state index contributed by atoms with van der Waals surface area (Å²) in [5, 5.41) is 0. The Morgan fingerprint density at radius 3 is 0.385 bits per heavy atom. The first-order valence-electron chi connectivity index (χ1n) is 26.3. The van der Waals surface area contributed by atoms with Crippen LogP contribution in [-0.2, 0) is 0 Å². The topological polar surface area (TPSA) is 0 Å². The molecule has 378 valence electrons. The van der Waals surface area contributed by atoms with Crippen molar-refractivity contribution in [2.24, 2.45) is 0 Å². The quantitative estimate of drug-likeness (QED) is 0.114. The van der Waals surface area contributed by atoms with Crippen LogP contribution in [0.5, 0.6) is 0 Å². The van der Waals surface area contributed by atoms with E-state index in [9.17, 15) is 0 Å². The van der Waals surface area contributed by atoms with Crippen molar-refractivity contribution in [3.05, 3.63) is 252 Å². The third-order valence-electron chi connectivity index (χ3n) is 14.6. The first kappa shape index (κ1) is 50.3. The van der Waals surface area contributed by atoms with Crippen molar-refractivity contribution in [1.82, 2.24) is 0 Å². The van der Waals surface area contributed by atoms with Crippen LogP contribution in [0.3, 0.4) is 0 Å². The van der Waals surface area contributed by atoms with Gasteiger partial charge in [-0.05, 0) is 148 Å². The average Bonchev–Trinajstić information content (AvgIpc) is 4.41. The monoisotopic (exact) mass is 1110 g/mol. The van der Waals surface area contributed by atoms with Crippen molar-refractivity contribution in [2.75, 3.05) is 0 Å². The number of benzene rings is 7. The molecule has 7 aromatic carbocycles. The van der Waals surface area contributed by atoms with E-state index in [1.807, 2.05) is 68.0 Å². The maximum Gasteiger partial charge on any atom is 0.0362 e. The van der Waals surface area contributed by atoms with Crippen LogP contribution in [0.15, 0.2) is 218 Å². The maximum atomic E-state index is 2.41. The Morgan fingerprint density at radius 1 is 0.141 bits per heavy atom. The van der Waals surface area contributed by atoms with E-state index in [2.05, 4.69) is 260 Å². The van der Waals surface area contributed by atoms with Crippen LogP contribution in [0.4, 0.5) is 0 Å². The highest BCUT2D eigenvalue weighted by atomic mass is 32.1. The van der Waals surface area contributed by atoms with Gasteiger partial charge in [-0.1, -0.05) is 179 Å². The number of thiophene rings is 6. The number of hydrogen-bond acceptors (Lipinski definition) is 6. The highest BCUT2D eigenvalue weighted by Crippen LogP contribution is 2.62. The Morgan fingerprint density at radius 2 is 0.256 bits per heavy atom. The summed E-state index contributed by atoms with van der Waals surface area (Å²) >= 11 is 11.5. The molecule has 0 nitrogen and oxygen atoms in total. The Kier molecular flexibility index (Phi) is 13.6. The maximum absolute atomic E-state index is 2.41. The van der Waals surface area contributed by atoms with Crippen LogP contribution in [0, 0.1) is 41.5 Å². The molecule has 6 aromatic heterocycles. The lowest BCUT2D eigenvalue weighted by atomic mass is 9.82. The molecular weight excluding hydrogens is 1060 g/mol. The van der Waals surface area contributed by atoms with Gasteiger partial charge in [-0.15, -0.1) is 68.0 Å². The van der Waals surface area contributed by atoms with Gasteiger partial charge >= 0.3 is 0 Å². The second-order valence-corrected chi connectivity index (χ2v) is 26.9. The van der Waals surface area contributed by atoms with E-state index in [-0.39, 0.29) is 0 Å². The van der Waals surface area contributed by atoms with E-state index in [0.29, 0.717) is 0 Å². The summed E-state index contributed by atoms with van der Waals surface area (Å²) in [5.74, 6) is 0. The van der Waals surface area contributed by atoms with E-state index in [0.717, 1.165) is 0 Å². The molecule has 0 aliphatic rings. The third kappa shape index (κ3) is 9.87. The summed E-state index contributed by atoms with van der Waals surface area (Å²) in [6.45, 7) is 13.0. The number of aryl methyl sites for hydroxylation is 6. The predicted octanol–water partition coefficient (Wildman–Crippen LogP) is 23.9. The van der Waals surface area contributed by atoms with Gasteiger partial charge in [0.25, 0.3) is 0 Å². The summed E-state index contributed by atoms with van der Waals surface area (Å²) in [5.41, 5.74) is 22.6. The summed E-state index contributed by atoms with van der Waals surface area (Å²) in [7, 11) is 0. The first-order chi connectivity index (χ1) is 38.1. The van der Waals surface area contributed by atoms with Crippen LogP contribution in [0.1, 0.15) is 33.4 Å². The molecule has 78 heavy (non-hydrogen) atoms. The van der Waals surface area contributed by atoms with Crippen LogP contribution in [0.2, 0.25) is 0 Å². The zero-order valence-electron chi connectivity index (χ0n) is 44.2. The van der Waals surface area contributed by atoms with E-state index >= 15 is 0 Å². The molecule has 0 amide bonds. The SMILES string of the molecule is Cc1ccc(-c2ccc(-c3c(-c4ccc(-c5ccc(C)cc5)s4)c(-c4ccc(-c5ccc(C)cc5)s4)c(-c4ccc(-c5ccc(C)cc5)s4)c(-c4ccc(-c5ccc(C)cc5)s4)c3-c3ccc(-c4ccc(C)cc4)s3)s2)cc1. The summed E-state index contributed by atoms with van der Waals surface area (Å²) in [4.78, 5) is 15.0. The molecular formula is C72H54S6. The molecule has 0 aliphatic carbocycles. The van der Waals surface area contributed by atoms with Crippen molar-refractivity contribution in [1.29, 1.82) is 0 Å². The molecule has 0 unspecified atom stereocenters. The van der Waals surface area contributed by atoms with Gasteiger partial charge in [0.2, 0.25) is 0 Å². The predicted molar refractivity (Wildman–Crippen MR) is 347 cm³/mol. The van der Waals surface area contributed by atoms with Crippen LogP contribution < -0.4 is 0 Å². The molecule has 0 atom stereocenters. The van der Waals surface area contributed by atoms with Gasteiger partial charge in [0.15, 0.2) is 0 Å². The van der Waals surface area contributed by atoms with Crippen LogP contribution in [-0.4, -0.2) is 0 Å². The van der Waals surface area contributed by atoms with Gasteiger partial charge in [0, 0.05) is 91.9 Å². The first-order valence-corrected chi connectivity index (χ1v) is 31.2. The number of hydrogen-bond donors (Lipinski definition) is 0. The minimum Gasteiger partial charge on any atom is -0.135 e. The molecule has 0 fully saturated rings. The molecule has 13 rings (SSSR count). The lowest BCUT2D eigenvalue weighted by Gasteiger charge is -2.25. The molecule has 0 radical (unpaired) electrons. The van der Waals surface area contributed by atoms with Gasteiger partial charge in [-0.3, -0.25) is 0 Å². The van der Waals surface area contributed by atoms with Gasteiger partial charge < -0.3 is 0 Å². The fraction of sp³-hybridized carbons (Fsp3) is 0.0833. The summed E-state index contributed by atoms with van der Waals surface area (Å²) in [6.07, 6.45) is 0. The fourth-order valence-corrected chi connectivity index (χ4v) is 16.7. The smallest absolute Gasteiger partial charge is 0.0362 e. The van der Waals surface area contributed by atoms with E-state index in [4.69, 9.17) is 0 Å². The Labute approximate surface area is 482 Å². The molecule has 0 N–H and O–H groups in total. The minimum atomic E-state index is 1.23. The van der Waals surface area contributed by atoms with Crippen LogP contribution in [0.25, 0.3) is 125 Å². The van der Waals surface area contributed by atoms with E-state index < -0.39 is 0 Å². The zero-order chi connectivity index (χ0) is 53.0. The highest BCUT2D eigenvalue weighted by Gasteiger charge is 2.33. The molecule has 6 heteroatoms. The van der Waals surface area contributed by atoms with Crippen LogP contribution >= 0.6 is 68.0 Å². The molecule has 0 aliphatic heterocycles. The average molecular weight is 1110 g/mol. The lowest BCUT2D eigenvalue weighted by molar-refractivity contribution is 1.48. The van der Waals surface area contributed by atoms with E-state index in [1.165, 1.54) is 159 Å². The largest absolute Gasteiger partial charge is 0.135 e. The van der Waals surface area contributed by atoms with Gasteiger partial charge in [0.1, 0.15) is 0 Å². The molecule has 0 saturated heterocycles. The minimum absolute atomic E-state index is 1.23. The van der Waals surface area contributed by atoms with Crippen molar-refractivity contribution < 1.29 is 0 Å². The second-order valence-electron chi connectivity index (χ2n) is 20.4. The van der Waals surface area contributed by atoms with Gasteiger partial charge in [-0.2, -0.15) is 0 Å².